The summed E-state index contributed by atoms with van der Waals surface area (Å²) >= 11 is 0. The minimum Gasteiger partial charge on any atom is -0.462 e. The quantitative estimate of drug-likeness (QED) is 0.0261. The van der Waals surface area contributed by atoms with Crippen LogP contribution in [-0.4, -0.2) is 37.2 Å². The molecule has 1 atom stereocenters. The Morgan fingerprint density at radius 3 is 0.813 bits per heavy atom. The van der Waals surface area contributed by atoms with Gasteiger partial charge in [0.1, 0.15) is 13.2 Å². The van der Waals surface area contributed by atoms with Gasteiger partial charge in [-0.25, -0.2) is 0 Å². The average molecular weight is 1040 g/mol. The van der Waals surface area contributed by atoms with E-state index in [0.29, 0.717) is 19.3 Å². The molecule has 0 aromatic carbocycles. The molecule has 75 heavy (non-hydrogen) atoms. The van der Waals surface area contributed by atoms with Crippen molar-refractivity contribution in [1.29, 1.82) is 0 Å². The van der Waals surface area contributed by atoms with Crippen molar-refractivity contribution >= 4 is 17.9 Å². The van der Waals surface area contributed by atoms with E-state index in [1.165, 1.54) is 135 Å². The van der Waals surface area contributed by atoms with Crippen LogP contribution < -0.4 is 0 Å². The molecule has 0 saturated carbocycles. The maximum Gasteiger partial charge on any atom is 0.306 e. The van der Waals surface area contributed by atoms with Gasteiger partial charge in [-0.1, -0.05) is 285 Å². The maximum atomic E-state index is 12.9. The van der Waals surface area contributed by atoms with E-state index in [4.69, 9.17) is 14.2 Å². The third-order valence-corrected chi connectivity index (χ3v) is 13.6. The second-order valence-electron chi connectivity index (χ2n) is 20.9. The molecule has 0 N–H and O–H groups in total. The standard InChI is InChI=1S/C69H118O6/c1-4-7-10-13-16-19-22-25-28-31-33-34-36-38-41-44-47-50-53-56-59-62-68(71)74-65-66(64-73-67(70)61-58-55-52-49-46-43-40-37-30-27-24-21-18-15-12-9-6-3)75-69(72)63-60-57-54-51-48-45-42-39-35-32-29-26-23-20-17-14-11-8-5-2/h7-8,10-11,16-17,19-20,25-26,28-29,33-35,39,66H,4-6,9,12-15,18,21-24,27,30-32,36-38,40-65H2,1-3H3/b10-7-,11-8-,19-16-,20-17-,28-25-,29-26-,34-33-,39-35-. The largest absolute Gasteiger partial charge is 0.462 e. The normalized spacial score (nSPS) is 12.7. The van der Waals surface area contributed by atoms with E-state index in [-0.39, 0.29) is 31.1 Å². The number of unbranched alkanes of at least 4 members (excludes halogenated alkanes) is 30. The summed E-state index contributed by atoms with van der Waals surface area (Å²) < 4.78 is 16.9. The van der Waals surface area contributed by atoms with E-state index in [1.807, 2.05) is 0 Å². The van der Waals surface area contributed by atoms with Gasteiger partial charge < -0.3 is 14.2 Å². The van der Waals surface area contributed by atoms with Crippen molar-refractivity contribution in [3.8, 4) is 0 Å². The van der Waals surface area contributed by atoms with Crippen LogP contribution in [0.15, 0.2) is 97.2 Å². The molecule has 6 heteroatoms. The molecule has 0 radical (unpaired) electrons. The van der Waals surface area contributed by atoms with E-state index in [9.17, 15) is 14.4 Å². The van der Waals surface area contributed by atoms with Gasteiger partial charge in [-0.2, -0.15) is 0 Å². The van der Waals surface area contributed by atoms with Crippen molar-refractivity contribution in [2.45, 2.75) is 309 Å². The summed E-state index contributed by atoms with van der Waals surface area (Å²) in [6.45, 7) is 6.43. The zero-order chi connectivity index (χ0) is 54.3. The lowest BCUT2D eigenvalue weighted by Gasteiger charge is -2.18. The minimum atomic E-state index is -0.790. The molecule has 0 saturated heterocycles. The van der Waals surface area contributed by atoms with Crippen LogP contribution in [0.25, 0.3) is 0 Å². The number of carbonyl (C=O) groups is 3. The van der Waals surface area contributed by atoms with Gasteiger partial charge in [0.25, 0.3) is 0 Å². The molecule has 0 aliphatic carbocycles. The van der Waals surface area contributed by atoms with Gasteiger partial charge in [-0.15, -0.1) is 0 Å². The second-order valence-corrected chi connectivity index (χ2v) is 20.9. The van der Waals surface area contributed by atoms with Gasteiger partial charge in [0.2, 0.25) is 0 Å². The smallest absolute Gasteiger partial charge is 0.306 e. The van der Waals surface area contributed by atoms with Crippen LogP contribution in [0.1, 0.15) is 303 Å². The Morgan fingerprint density at radius 2 is 0.520 bits per heavy atom. The summed E-state index contributed by atoms with van der Waals surface area (Å²) in [5.41, 5.74) is 0. The highest BCUT2D eigenvalue weighted by molar-refractivity contribution is 5.71. The van der Waals surface area contributed by atoms with Crippen molar-refractivity contribution < 1.29 is 28.6 Å². The number of esters is 3. The molecule has 0 aliphatic rings. The number of hydrogen-bond donors (Lipinski definition) is 0. The topological polar surface area (TPSA) is 78.9 Å². The SMILES string of the molecule is CC/C=C\C/C=C\C/C=C\C/C=C\CCCCCCCCCCC(=O)OCC(COC(=O)CCCCCCCCCCCCCCCCCCC)OC(=O)CCCCCCCC/C=C\C/C=C\C/C=C\C/C=C\CC. The molecule has 0 heterocycles. The first-order valence-electron chi connectivity index (χ1n) is 31.7. The fourth-order valence-corrected chi connectivity index (χ4v) is 8.90. The molecule has 0 fully saturated rings. The Hall–Kier alpha value is -3.67. The lowest BCUT2D eigenvalue weighted by atomic mass is 10.0. The number of carbonyl (C=O) groups excluding carboxylic acids is 3. The summed E-state index contributed by atoms with van der Waals surface area (Å²) in [4.78, 5) is 38.4. The highest BCUT2D eigenvalue weighted by Gasteiger charge is 2.19. The zero-order valence-corrected chi connectivity index (χ0v) is 49.3. The molecule has 1 unspecified atom stereocenters. The van der Waals surface area contributed by atoms with Gasteiger partial charge in [-0.3, -0.25) is 14.4 Å². The summed E-state index contributed by atoms with van der Waals surface area (Å²) in [5, 5.41) is 0. The van der Waals surface area contributed by atoms with Crippen molar-refractivity contribution in [3.05, 3.63) is 97.2 Å². The van der Waals surface area contributed by atoms with Crippen molar-refractivity contribution in [2.75, 3.05) is 13.2 Å². The molecule has 430 valence electrons. The molecule has 0 spiro atoms. The van der Waals surface area contributed by atoms with Crippen LogP contribution in [0, 0.1) is 0 Å². The Kier molecular flexibility index (Phi) is 59.8. The second kappa shape index (κ2) is 62.9. The number of ether oxygens (including phenoxy) is 3. The minimum absolute atomic E-state index is 0.0838. The molecular formula is C69H118O6. The number of allylic oxidation sites excluding steroid dienone is 16. The predicted molar refractivity (Wildman–Crippen MR) is 325 cm³/mol. The maximum absolute atomic E-state index is 12.9. The average Bonchev–Trinajstić information content (AvgIpc) is 3.41. The van der Waals surface area contributed by atoms with Gasteiger partial charge in [-0.05, 0) is 96.3 Å². The monoisotopic (exact) mass is 1040 g/mol. The first-order chi connectivity index (χ1) is 37.0. The fraction of sp³-hybridized carbons (Fsp3) is 0.725. The molecule has 6 nitrogen and oxygen atoms in total. The summed E-state index contributed by atoms with van der Waals surface area (Å²) in [6, 6.07) is 0. The van der Waals surface area contributed by atoms with Crippen molar-refractivity contribution in [2.24, 2.45) is 0 Å². The van der Waals surface area contributed by atoms with Gasteiger partial charge in [0, 0.05) is 19.3 Å². The third kappa shape index (κ3) is 61.1. The predicted octanol–water partition coefficient (Wildman–Crippen LogP) is 21.7. The molecule has 0 aliphatic heterocycles. The Labute approximate surface area is 464 Å². The van der Waals surface area contributed by atoms with E-state index in [1.54, 1.807) is 0 Å². The summed E-state index contributed by atoms with van der Waals surface area (Å²) in [7, 11) is 0. The van der Waals surface area contributed by atoms with Gasteiger partial charge in [0.15, 0.2) is 6.10 Å². The fourth-order valence-electron chi connectivity index (χ4n) is 8.90. The first kappa shape index (κ1) is 71.3. The third-order valence-electron chi connectivity index (χ3n) is 13.6. The van der Waals surface area contributed by atoms with Crippen LogP contribution in [0.4, 0.5) is 0 Å². The van der Waals surface area contributed by atoms with Crippen LogP contribution in [0.5, 0.6) is 0 Å². The number of hydrogen-bond acceptors (Lipinski definition) is 6. The Morgan fingerprint density at radius 1 is 0.280 bits per heavy atom. The zero-order valence-electron chi connectivity index (χ0n) is 49.3. The van der Waals surface area contributed by atoms with Crippen LogP contribution in [0.3, 0.4) is 0 Å². The lowest BCUT2D eigenvalue weighted by molar-refractivity contribution is -0.167. The molecule has 0 bridgehead atoms. The van der Waals surface area contributed by atoms with Crippen molar-refractivity contribution in [3.63, 3.8) is 0 Å². The molecular weight excluding hydrogens is 925 g/mol. The molecule has 0 aromatic heterocycles. The molecule has 0 amide bonds. The van der Waals surface area contributed by atoms with E-state index in [0.717, 1.165) is 128 Å². The highest BCUT2D eigenvalue weighted by Crippen LogP contribution is 2.16. The first-order valence-corrected chi connectivity index (χ1v) is 31.7. The van der Waals surface area contributed by atoms with Crippen LogP contribution in [-0.2, 0) is 28.6 Å². The summed E-state index contributed by atoms with van der Waals surface area (Å²) in [5.74, 6) is -0.894. The van der Waals surface area contributed by atoms with Crippen molar-refractivity contribution in [1.82, 2.24) is 0 Å². The Bertz CT molecular complexity index is 1480. The van der Waals surface area contributed by atoms with E-state index in [2.05, 4.69) is 118 Å². The number of rotatable bonds is 57. The van der Waals surface area contributed by atoms with Crippen LogP contribution >= 0.6 is 0 Å². The molecule has 0 aromatic rings. The highest BCUT2D eigenvalue weighted by atomic mass is 16.6. The lowest BCUT2D eigenvalue weighted by Crippen LogP contribution is -2.30. The van der Waals surface area contributed by atoms with Gasteiger partial charge in [0.05, 0.1) is 0 Å². The van der Waals surface area contributed by atoms with E-state index < -0.39 is 6.10 Å². The van der Waals surface area contributed by atoms with E-state index >= 15 is 0 Å². The summed E-state index contributed by atoms with van der Waals surface area (Å²) in [6.07, 6.45) is 84.0. The van der Waals surface area contributed by atoms with Gasteiger partial charge >= 0.3 is 17.9 Å². The molecule has 0 rings (SSSR count). The van der Waals surface area contributed by atoms with Crippen LogP contribution in [0.2, 0.25) is 0 Å². The Balaban J connectivity index is 4.41.